The van der Waals surface area contributed by atoms with Crippen LogP contribution in [-0.4, -0.2) is 17.9 Å². The fraction of sp³-hybridized carbons (Fsp3) is 0.400. The molecule has 94 valence electrons. The Hall–Kier alpha value is -1.77. The lowest BCUT2D eigenvalue weighted by molar-refractivity contribution is -0.120. The zero-order valence-electron chi connectivity index (χ0n) is 10.5. The van der Waals surface area contributed by atoms with Crippen molar-refractivity contribution in [2.24, 2.45) is 0 Å². The summed E-state index contributed by atoms with van der Waals surface area (Å²) in [4.78, 5) is 14.6. The van der Waals surface area contributed by atoms with Crippen molar-refractivity contribution in [1.82, 2.24) is 4.98 Å². The molecule has 0 amide bonds. The predicted molar refractivity (Wildman–Crippen MR) is 71.1 cm³/mol. The van der Waals surface area contributed by atoms with Crippen LogP contribution in [0.15, 0.2) is 24.4 Å². The molecule has 1 aliphatic rings. The Morgan fingerprint density at radius 1 is 1.28 bits per heavy atom. The summed E-state index contributed by atoms with van der Waals surface area (Å²) in [5, 5.41) is 1.23. The maximum absolute atomic E-state index is 11.3. The molecule has 3 nitrogen and oxygen atoms in total. The normalized spacial score (nSPS) is 17.3. The number of H-pyrrole nitrogens is 1. The molecule has 3 rings (SSSR count). The van der Waals surface area contributed by atoms with Gasteiger partial charge in [-0.3, -0.25) is 4.79 Å². The van der Waals surface area contributed by atoms with Crippen molar-refractivity contribution in [3.05, 3.63) is 30.0 Å². The van der Waals surface area contributed by atoms with Crippen LogP contribution in [0.4, 0.5) is 0 Å². The van der Waals surface area contributed by atoms with E-state index in [-0.39, 0.29) is 0 Å². The second-order valence-corrected chi connectivity index (χ2v) is 4.97. The average Bonchev–Trinajstić information content (AvgIpc) is 2.82. The first kappa shape index (κ1) is 11.3. The van der Waals surface area contributed by atoms with Gasteiger partial charge in [-0.25, -0.2) is 0 Å². The van der Waals surface area contributed by atoms with E-state index in [1.165, 1.54) is 10.9 Å². The summed E-state index contributed by atoms with van der Waals surface area (Å²) in [6.45, 7) is 0. The molecule has 1 saturated carbocycles. The standard InChI is InChI=1S/C15H17NO2/c1-18-12-6-7-15-13(8-12)14(9-16-15)10-2-4-11(17)5-3-10/h6-10,16H,2-5H2,1H3. The number of hydrogen-bond donors (Lipinski definition) is 1. The number of aromatic amines is 1. The van der Waals surface area contributed by atoms with Crippen LogP contribution in [0.25, 0.3) is 10.9 Å². The fourth-order valence-corrected chi connectivity index (χ4v) is 2.84. The Kier molecular flexibility index (Phi) is 2.82. The number of ether oxygens (including phenoxy) is 1. The van der Waals surface area contributed by atoms with E-state index >= 15 is 0 Å². The molecule has 1 aliphatic carbocycles. The molecule has 1 aromatic carbocycles. The summed E-state index contributed by atoms with van der Waals surface area (Å²) >= 11 is 0. The molecule has 18 heavy (non-hydrogen) atoms. The lowest BCUT2D eigenvalue weighted by atomic mass is 9.83. The fourth-order valence-electron chi connectivity index (χ4n) is 2.84. The zero-order chi connectivity index (χ0) is 12.5. The minimum atomic E-state index is 0.406. The first-order valence-electron chi connectivity index (χ1n) is 6.44. The van der Waals surface area contributed by atoms with E-state index in [9.17, 15) is 4.79 Å². The summed E-state index contributed by atoms with van der Waals surface area (Å²) in [7, 11) is 1.69. The van der Waals surface area contributed by atoms with Crippen molar-refractivity contribution in [2.45, 2.75) is 31.6 Å². The predicted octanol–water partition coefficient (Wildman–Crippen LogP) is 3.40. The number of benzene rings is 1. The number of carbonyl (C=O) groups is 1. The van der Waals surface area contributed by atoms with Crippen LogP contribution in [0.1, 0.15) is 37.2 Å². The Morgan fingerprint density at radius 3 is 2.78 bits per heavy atom. The first-order chi connectivity index (χ1) is 8.78. The molecule has 0 spiro atoms. The van der Waals surface area contributed by atoms with Crippen LogP contribution in [0.2, 0.25) is 0 Å². The maximum Gasteiger partial charge on any atom is 0.132 e. The topological polar surface area (TPSA) is 42.1 Å². The van der Waals surface area contributed by atoms with Crippen molar-refractivity contribution in [3.63, 3.8) is 0 Å². The van der Waals surface area contributed by atoms with E-state index in [4.69, 9.17) is 4.74 Å². The second-order valence-electron chi connectivity index (χ2n) is 4.97. The number of nitrogens with one attached hydrogen (secondary N) is 1. The molecule has 1 fully saturated rings. The smallest absolute Gasteiger partial charge is 0.132 e. The highest BCUT2D eigenvalue weighted by Gasteiger charge is 2.22. The minimum absolute atomic E-state index is 0.406. The van der Waals surface area contributed by atoms with Crippen molar-refractivity contribution in [3.8, 4) is 5.75 Å². The summed E-state index contributed by atoms with van der Waals surface area (Å²) in [5.41, 5.74) is 2.47. The molecule has 0 atom stereocenters. The highest BCUT2D eigenvalue weighted by Crippen LogP contribution is 2.36. The van der Waals surface area contributed by atoms with Crippen LogP contribution in [0.5, 0.6) is 5.75 Å². The molecular weight excluding hydrogens is 226 g/mol. The third-order valence-electron chi connectivity index (χ3n) is 3.90. The van der Waals surface area contributed by atoms with Gasteiger partial charge in [0.05, 0.1) is 7.11 Å². The van der Waals surface area contributed by atoms with Crippen molar-refractivity contribution >= 4 is 16.7 Å². The second kappa shape index (κ2) is 4.48. The van der Waals surface area contributed by atoms with E-state index in [1.54, 1.807) is 7.11 Å². The van der Waals surface area contributed by atoms with Gasteiger partial charge in [-0.05, 0) is 42.5 Å². The summed E-state index contributed by atoms with van der Waals surface area (Å²) in [6.07, 6.45) is 5.49. The van der Waals surface area contributed by atoms with Gasteiger partial charge < -0.3 is 9.72 Å². The minimum Gasteiger partial charge on any atom is -0.497 e. The van der Waals surface area contributed by atoms with Crippen LogP contribution in [0.3, 0.4) is 0 Å². The van der Waals surface area contributed by atoms with Gasteiger partial charge in [-0.2, -0.15) is 0 Å². The van der Waals surface area contributed by atoms with Gasteiger partial charge >= 0.3 is 0 Å². The molecule has 0 bridgehead atoms. The molecular formula is C15H17NO2. The number of methoxy groups -OCH3 is 1. The summed E-state index contributed by atoms with van der Waals surface area (Å²) < 4.78 is 5.28. The Bertz CT molecular complexity index is 575. The molecule has 1 N–H and O–H groups in total. The Morgan fingerprint density at radius 2 is 2.06 bits per heavy atom. The number of fused-ring (bicyclic) bond motifs is 1. The third-order valence-corrected chi connectivity index (χ3v) is 3.90. The summed E-state index contributed by atoms with van der Waals surface area (Å²) in [6, 6.07) is 6.09. The molecule has 0 radical (unpaired) electrons. The van der Waals surface area contributed by atoms with Gasteiger partial charge in [0, 0.05) is 29.9 Å². The van der Waals surface area contributed by atoms with Crippen molar-refractivity contribution < 1.29 is 9.53 Å². The van der Waals surface area contributed by atoms with Crippen LogP contribution in [0, 0.1) is 0 Å². The monoisotopic (exact) mass is 243 g/mol. The number of carbonyl (C=O) groups excluding carboxylic acids is 1. The number of ketones is 1. The highest BCUT2D eigenvalue weighted by atomic mass is 16.5. The van der Waals surface area contributed by atoms with Crippen molar-refractivity contribution in [2.75, 3.05) is 7.11 Å². The molecule has 3 heteroatoms. The van der Waals surface area contributed by atoms with Gasteiger partial charge in [-0.1, -0.05) is 0 Å². The number of aromatic nitrogens is 1. The van der Waals surface area contributed by atoms with Crippen molar-refractivity contribution in [1.29, 1.82) is 0 Å². The van der Waals surface area contributed by atoms with E-state index in [0.717, 1.165) is 36.9 Å². The first-order valence-corrected chi connectivity index (χ1v) is 6.44. The van der Waals surface area contributed by atoms with Gasteiger partial charge in [0.15, 0.2) is 0 Å². The molecule has 1 aromatic heterocycles. The maximum atomic E-state index is 11.3. The quantitative estimate of drug-likeness (QED) is 0.878. The average molecular weight is 243 g/mol. The number of hydrogen-bond acceptors (Lipinski definition) is 2. The lowest BCUT2D eigenvalue weighted by Crippen LogP contribution is -2.11. The summed E-state index contributed by atoms with van der Waals surface area (Å²) in [5.74, 6) is 1.79. The molecule has 0 saturated heterocycles. The van der Waals surface area contributed by atoms with Crippen LogP contribution in [-0.2, 0) is 4.79 Å². The molecule has 0 aliphatic heterocycles. The molecule has 0 unspecified atom stereocenters. The van der Waals surface area contributed by atoms with E-state index in [2.05, 4.69) is 17.2 Å². The highest BCUT2D eigenvalue weighted by molar-refractivity contribution is 5.86. The van der Waals surface area contributed by atoms with Gasteiger partial charge in [0.1, 0.15) is 11.5 Å². The number of rotatable bonds is 2. The van der Waals surface area contributed by atoms with E-state index in [1.807, 2.05) is 12.1 Å². The Balaban J connectivity index is 1.98. The largest absolute Gasteiger partial charge is 0.497 e. The van der Waals surface area contributed by atoms with Gasteiger partial charge in [-0.15, -0.1) is 0 Å². The van der Waals surface area contributed by atoms with Gasteiger partial charge in [0.2, 0.25) is 0 Å². The van der Waals surface area contributed by atoms with Crippen LogP contribution < -0.4 is 4.74 Å². The van der Waals surface area contributed by atoms with Crippen LogP contribution >= 0.6 is 0 Å². The number of Topliss-reactive ketones (excluding diaryl/α,β-unsaturated/α-hetero) is 1. The SMILES string of the molecule is COc1ccc2[nH]cc(C3CCC(=O)CC3)c2c1. The third kappa shape index (κ3) is 1.90. The zero-order valence-corrected chi connectivity index (χ0v) is 10.5. The molecule has 2 aromatic rings. The van der Waals surface area contributed by atoms with E-state index in [0.29, 0.717) is 11.7 Å². The van der Waals surface area contributed by atoms with E-state index < -0.39 is 0 Å². The Labute approximate surface area is 106 Å². The lowest BCUT2D eigenvalue weighted by Gasteiger charge is -2.20. The van der Waals surface area contributed by atoms with Gasteiger partial charge in [0.25, 0.3) is 0 Å². The molecule has 1 heterocycles.